The van der Waals surface area contributed by atoms with Crippen LogP contribution in [0.5, 0.6) is 0 Å². The van der Waals surface area contributed by atoms with Gasteiger partial charge in [-0.15, -0.1) is 24.0 Å². The van der Waals surface area contributed by atoms with Crippen LogP contribution in [0.25, 0.3) is 0 Å². The molecule has 5 atom stereocenters. The second-order valence-electron chi connectivity index (χ2n) is 8.37. The Morgan fingerprint density at radius 2 is 1.93 bits per heavy atom. The number of hydrogen-bond acceptors (Lipinski definition) is 3. The quantitative estimate of drug-likeness (QED) is 0.409. The molecule has 4 aliphatic heterocycles. The SMILES string of the molecule is CN=C(NCC(C)N1CCc2ccccc21)N1CC2C3CCC(O3)C2C1.I. The molecule has 0 aliphatic carbocycles. The first kappa shape index (κ1) is 19.3. The molecule has 1 N–H and O–H groups in total. The highest BCUT2D eigenvalue weighted by molar-refractivity contribution is 14.0. The Morgan fingerprint density at radius 3 is 2.63 bits per heavy atom. The number of aliphatic imine (C=N–C) groups is 1. The minimum absolute atomic E-state index is 0. The summed E-state index contributed by atoms with van der Waals surface area (Å²) in [7, 11) is 1.91. The lowest BCUT2D eigenvalue weighted by molar-refractivity contribution is 0.0767. The average Bonchev–Trinajstić information content (AvgIpc) is 3.42. The van der Waals surface area contributed by atoms with Gasteiger partial charge in [-0.2, -0.15) is 0 Å². The number of rotatable bonds is 3. The van der Waals surface area contributed by atoms with E-state index in [1.807, 2.05) is 7.05 Å². The fourth-order valence-corrected chi connectivity index (χ4v) is 5.64. The lowest BCUT2D eigenvalue weighted by Crippen LogP contribution is -2.47. The van der Waals surface area contributed by atoms with Crippen molar-refractivity contribution in [2.75, 3.05) is 38.1 Å². The Bertz CT molecular complexity index is 693. The van der Waals surface area contributed by atoms with Gasteiger partial charge in [0.2, 0.25) is 0 Å². The van der Waals surface area contributed by atoms with Crippen molar-refractivity contribution in [1.29, 1.82) is 0 Å². The van der Waals surface area contributed by atoms with Gasteiger partial charge in [-0.1, -0.05) is 18.2 Å². The zero-order chi connectivity index (χ0) is 17.7. The van der Waals surface area contributed by atoms with Crippen molar-refractivity contribution >= 4 is 35.6 Å². The minimum Gasteiger partial charge on any atom is -0.374 e. The first-order chi connectivity index (χ1) is 12.7. The average molecular weight is 482 g/mol. The molecule has 1 aromatic rings. The topological polar surface area (TPSA) is 40.1 Å². The molecule has 5 unspecified atom stereocenters. The summed E-state index contributed by atoms with van der Waals surface area (Å²) < 4.78 is 6.11. The van der Waals surface area contributed by atoms with E-state index in [0.29, 0.717) is 18.2 Å². The first-order valence-corrected chi connectivity index (χ1v) is 10.2. The van der Waals surface area contributed by atoms with E-state index in [1.165, 1.54) is 24.1 Å². The van der Waals surface area contributed by atoms with E-state index in [1.54, 1.807) is 0 Å². The molecule has 4 heterocycles. The summed E-state index contributed by atoms with van der Waals surface area (Å²) in [6, 6.07) is 9.26. The van der Waals surface area contributed by atoms with Crippen molar-refractivity contribution in [2.24, 2.45) is 16.8 Å². The molecule has 0 spiro atoms. The predicted octanol–water partition coefficient (Wildman–Crippen LogP) is 2.74. The number of hydrogen-bond donors (Lipinski definition) is 1. The van der Waals surface area contributed by atoms with Crippen LogP contribution in [0.15, 0.2) is 29.3 Å². The highest BCUT2D eigenvalue weighted by Gasteiger charge is 2.53. The van der Waals surface area contributed by atoms with Crippen LogP contribution in [0.2, 0.25) is 0 Å². The van der Waals surface area contributed by atoms with Crippen LogP contribution in [0.4, 0.5) is 5.69 Å². The maximum Gasteiger partial charge on any atom is 0.193 e. The van der Waals surface area contributed by atoms with Crippen molar-refractivity contribution in [3.63, 3.8) is 0 Å². The Morgan fingerprint density at radius 1 is 1.22 bits per heavy atom. The van der Waals surface area contributed by atoms with E-state index in [2.05, 4.69) is 51.3 Å². The number of likely N-dealkylation sites (tertiary alicyclic amines) is 1. The standard InChI is InChI=1S/C21H30N4O.HI/c1-14(25-10-9-15-5-3-4-6-18(15)25)11-23-21(22-2)24-12-16-17(13-24)20-8-7-19(16)26-20;/h3-6,14,16-17,19-20H,7-13H2,1-2H3,(H,22,23);1H. The van der Waals surface area contributed by atoms with Crippen molar-refractivity contribution in [3.05, 3.63) is 29.8 Å². The molecule has 0 radical (unpaired) electrons. The highest BCUT2D eigenvalue weighted by Crippen LogP contribution is 2.47. The Hall–Kier alpha value is -1.02. The Labute approximate surface area is 179 Å². The molecular formula is C21H31IN4O. The van der Waals surface area contributed by atoms with Crippen LogP contribution in [0, 0.1) is 11.8 Å². The predicted molar refractivity (Wildman–Crippen MR) is 120 cm³/mol. The molecule has 148 valence electrons. The third kappa shape index (κ3) is 3.33. The smallest absolute Gasteiger partial charge is 0.193 e. The summed E-state index contributed by atoms with van der Waals surface area (Å²) in [5.41, 5.74) is 2.88. The summed E-state index contributed by atoms with van der Waals surface area (Å²) >= 11 is 0. The first-order valence-electron chi connectivity index (χ1n) is 10.2. The molecule has 5 rings (SSSR count). The van der Waals surface area contributed by atoms with E-state index < -0.39 is 0 Å². The van der Waals surface area contributed by atoms with Crippen LogP contribution in [0.3, 0.4) is 0 Å². The number of nitrogens with one attached hydrogen (secondary N) is 1. The summed E-state index contributed by atoms with van der Waals surface area (Å²) in [6.45, 7) is 6.57. The van der Waals surface area contributed by atoms with E-state index in [9.17, 15) is 0 Å². The lowest BCUT2D eigenvalue weighted by atomic mass is 9.82. The van der Waals surface area contributed by atoms with Crippen LogP contribution < -0.4 is 10.2 Å². The molecule has 3 fully saturated rings. The van der Waals surface area contributed by atoms with Crippen molar-refractivity contribution in [3.8, 4) is 0 Å². The number of nitrogens with zero attached hydrogens (tertiary/aromatic N) is 3. The van der Waals surface area contributed by atoms with Gasteiger partial charge in [-0.05, 0) is 37.8 Å². The van der Waals surface area contributed by atoms with Gasteiger partial charge >= 0.3 is 0 Å². The fourth-order valence-electron chi connectivity index (χ4n) is 5.64. The monoisotopic (exact) mass is 482 g/mol. The van der Waals surface area contributed by atoms with Crippen LogP contribution in [0.1, 0.15) is 25.3 Å². The lowest BCUT2D eigenvalue weighted by Gasteiger charge is -2.30. The number of guanidine groups is 1. The molecule has 3 saturated heterocycles. The molecule has 4 aliphatic rings. The summed E-state index contributed by atoms with van der Waals surface area (Å²) in [4.78, 5) is 9.58. The van der Waals surface area contributed by atoms with E-state index in [0.717, 1.165) is 50.4 Å². The van der Waals surface area contributed by atoms with Crippen molar-refractivity contribution in [1.82, 2.24) is 10.2 Å². The highest BCUT2D eigenvalue weighted by atomic mass is 127. The molecule has 0 aromatic heterocycles. The molecule has 6 heteroatoms. The summed E-state index contributed by atoms with van der Waals surface area (Å²) in [6.07, 6.45) is 4.70. The van der Waals surface area contributed by atoms with Gasteiger partial charge in [0.15, 0.2) is 5.96 Å². The zero-order valence-electron chi connectivity index (χ0n) is 16.3. The van der Waals surface area contributed by atoms with Crippen LogP contribution >= 0.6 is 24.0 Å². The third-order valence-corrected chi connectivity index (χ3v) is 6.97. The van der Waals surface area contributed by atoms with E-state index in [4.69, 9.17) is 4.74 Å². The van der Waals surface area contributed by atoms with Gasteiger partial charge in [0.25, 0.3) is 0 Å². The van der Waals surface area contributed by atoms with E-state index in [-0.39, 0.29) is 24.0 Å². The molecule has 1 aromatic carbocycles. The van der Waals surface area contributed by atoms with Crippen molar-refractivity contribution < 1.29 is 4.74 Å². The Kier molecular flexibility index (Phi) is 5.56. The van der Waals surface area contributed by atoms with Crippen LogP contribution in [-0.2, 0) is 11.2 Å². The number of para-hydroxylation sites is 1. The van der Waals surface area contributed by atoms with Crippen LogP contribution in [-0.4, -0.2) is 62.3 Å². The molecule has 2 bridgehead atoms. The largest absolute Gasteiger partial charge is 0.374 e. The van der Waals surface area contributed by atoms with Gasteiger partial charge in [-0.3, -0.25) is 4.99 Å². The Balaban J connectivity index is 0.00000180. The van der Waals surface area contributed by atoms with E-state index >= 15 is 0 Å². The maximum atomic E-state index is 6.11. The minimum atomic E-state index is 0. The maximum absolute atomic E-state index is 6.11. The van der Waals surface area contributed by atoms with Gasteiger partial charge in [-0.25, -0.2) is 0 Å². The number of anilines is 1. The van der Waals surface area contributed by atoms with Gasteiger partial charge in [0.1, 0.15) is 0 Å². The van der Waals surface area contributed by atoms with Crippen molar-refractivity contribution in [2.45, 2.75) is 44.4 Å². The fraction of sp³-hybridized carbons (Fsp3) is 0.667. The molecular weight excluding hydrogens is 451 g/mol. The zero-order valence-corrected chi connectivity index (χ0v) is 18.6. The molecule has 0 amide bonds. The van der Waals surface area contributed by atoms with Gasteiger partial charge in [0, 0.05) is 56.8 Å². The number of halogens is 1. The second kappa shape index (κ2) is 7.78. The number of fused-ring (bicyclic) bond motifs is 6. The normalized spacial score (nSPS) is 32.3. The molecule has 27 heavy (non-hydrogen) atoms. The second-order valence-corrected chi connectivity index (χ2v) is 8.37. The third-order valence-electron chi connectivity index (χ3n) is 6.97. The molecule has 5 nitrogen and oxygen atoms in total. The van der Waals surface area contributed by atoms with Gasteiger partial charge in [0.05, 0.1) is 12.2 Å². The molecule has 0 saturated carbocycles. The van der Waals surface area contributed by atoms with Gasteiger partial charge < -0.3 is 19.9 Å². The summed E-state index contributed by atoms with van der Waals surface area (Å²) in [5, 5.41) is 3.65. The summed E-state index contributed by atoms with van der Waals surface area (Å²) in [5.74, 6) is 2.50. The number of benzene rings is 1. The number of ether oxygens (including phenoxy) is 1.